The molecule has 0 aromatic carbocycles. The van der Waals surface area contributed by atoms with Crippen molar-refractivity contribution in [1.29, 1.82) is 0 Å². The average Bonchev–Trinajstić information content (AvgIpc) is 2.74. The van der Waals surface area contributed by atoms with Gasteiger partial charge in [0.05, 0.1) is 22.3 Å². The molecule has 0 unspecified atom stereocenters. The molecule has 2 aromatic rings. The van der Waals surface area contributed by atoms with Crippen LogP contribution >= 0.6 is 27.3 Å². The summed E-state index contributed by atoms with van der Waals surface area (Å²) < 4.78 is 1.13. The predicted octanol–water partition coefficient (Wildman–Crippen LogP) is 3.03. The van der Waals surface area contributed by atoms with E-state index in [0.29, 0.717) is 0 Å². The van der Waals surface area contributed by atoms with E-state index in [1.165, 1.54) is 5.56 Å². The maximum atomic E-state index is 9.28. The summed E-state index contributed by atoms with van der Waals surface area (Å²) in [6.07, 6.45) is 3.48. The standard InChI is InChI=1S/C12H13BrN2OS/c1-15(6-9-4-12(13)17-8-9)11-5-14-3-2-10(11)7-16/h2-5,8,16H,6-7H2,1H3. The van der Waals surface area contributed by atoms with Gasteiger partial charge in [-0.2, -0.15) is 0 Å². The van der Waals surface area contributed by atoms with Crippen molar-refractivity contribution in [3.05, 3.63) is 44.8 Å². The van der Waals surface area contributed by atoms with Crippen molar-refractivity contribution in [2.24, 2.45) is 0 Å². The number of hydrogen-bond acceptors (Lipinski definition) is 4. The first-order valence-corrected chi connectivity index (χ1v) is 6.85. The maximum absolute atomic E-state index is 9.28. The van der Waals surface area contributed by atoms with Gasteiger partial charge in [-0.15, -0.1) is 11.3 Å². The van der Waals surface area contributed by atoms with Crippen LogP contribution in [-0.4, -0.2) is 17.1 Å². The van der Waals surface area contributed by atoms with Crippen molar-refractivity contribution < 1.29 is 5.11 Å². The summed E-state index contributed by atoms with van der Waals surface area (Å²) in [4.78, 5) is 6.19. The van der Waals surface area contributed by atoms with E-state index in [9.17, 15) is 5.11 Å². The lowest BCUT2D eigenvalue weighted by Gasteiger charge is -2.20. The smallest absolute Gasteiger partial charge is 0.0703 e. The minimum Gasteiger partial charge on any atom is -0.392 e. The molecule has 0 aliphatic heterocycles. The predicted molar refractivity (Wildman–Crippen MR) is 74.3 cm³/mol. The normalized spacial score (nSPS) is 10.5. The monoisotopic (exact) mass is 312 g/mol. The van der Waals surface area contributed by atoms with E-state index >= 15 is 0 Å². The Hall–Kier alpha value is -0.910. The van der Waals surface area contributed by atoms with E-state index in [0.717, 1.165) is 21.6 Å². The molecule has 90 valence electrons. The Morgan fingerprint density at radius 2 is 2.35 bits per heavy atom. The van der Waals surface area contributed by atoms with Gasteiger partial charge in [0.15, 0.2) is 0 Å². The molecule has 2 aromatic heterocycles. The zero-order chi connectivity index (χ0) is 12.3. The van der Waals surface area contributed by atoms with Crippen LogP contribution in [0, 0.1) is 0 Å². The second-order valence-corrected chi connectivity index (χ2v) is 6.07. The molecule has 3 nitrogen and oxygen atoms in total. The molecule has 2 rings (SSSR count). The minimum absolute atomic E-state index is 0.0372. The molecule has 0 atom stereocenters. The van der Waals surface area contributed by atoms with Gasteiger partial charge >= 0.3 is 0 Å². The number of aliphatic hydroxyl groups is 1. The Labute approximate surface area is 113 Å². The first kappa shape index (κ1) is 12.5. The maximum Gasteiger partial charge on any atom is 0.0703 e. The molecule has 0 aliphatic rings. The van der Waals surface area contributed by atoms with Gasteiger partial charge in [0.2, 0.25) is 0 Å². The van der Waals surface area contributed by atoms with Crippen molar-refractivity contribution >= 4 is 33.0 Å². The third kappa shape index (κ3) is 3.06. The highest BCUT2D eigenvalue weighted by Crippen LogP contribution is 2.24. The fraction of sp³-hybridized carbons (Fsp3) is 0.250. The molecule has 0 bridgehead atoms. The number of aliphatic hydroxyl groups excluding tert-OH is 1. The summed E-state index contributed by atoms with van der Waals surface area (Å²) >= 11 is 5.13. The molecule has 0 spiro atoms. The molecule has 5 heteroatoms. The van der Waals surface area contributed by atoms with Gasteiger partial charge < -0.3 is 10.0 Å². The largest absolute Gasteiger partial charge is 0.392 e. The Morgan fingerprint density at radius 1 is 1.53 bits per heavy atom. The third-order valence-corrected chi connectivity index (χ3v) is 4.06. The number of pyridine rings is 1. The molecular weight excluding hydrogens is 300 g/mol. The molecule has 17 heavy (non-hydrogen) atoms. The number of aromatic nitrogens is 1. The van der Waals surface area contributed by atoms with E-state index in [1.54, 1.807) is 23.7 Å². The molecular formula is C12H13BrN2OS. The van der Waals surface area contributed by atoms with Crippen LogP contribution in [-0.2, 0) is 13.2 Å². The van der Waals surface area contributed by atoms with Crippen LogP contribution in [0.25, 0.3) is 0 Å². The van der Waals surface area contributed by atoms with E-state index in [4.69, 9.17) is 0 Å². The van der Waals surface area contributed by atoms with Gasteiger partial charge in [-0.25, -0.2) is 0 Å². The van der Waals surface area contributed by atoms with Crippen molar-refractivity contribution in [2.45, 2.75) is 13.2 Å². The Bertz CT molecular complexity index is 501. The number of hydrogen-bond donors (Lipinski definition) is 1. The highest BCUT2D eigenvalue weighted by molar-refractivity contribution is 9.11. The summed E-state index contributed by atoms with van der Waals surface area (Å²) in [5, 5.41) is 11.4. The summed E-state index contributed by atoms with van der Waals surface area (Å²) in [7, 11) is 2.00. The first-order chi connectivity index (χ1) is 8.20. The van der Waals surface area contributed by atoms with Crippen LogP contribution in [0.15, 0.2) is 33.7 Å². The number of rotatable bonds is 4. The topological polar surface area (TPSA) is 36.4 Å². The van der Waals surface area contributed by atoms with Crippen LogP contribution in [0.2, 0.25) is 0 Å². The Balaban J connectivity index is 2.16. The second kappa shape index (κ2) is 5.62. The van der Waals surface area contributed by atoms with Gasteiger partial charge in [-0.1, -0.05) is 0 Å². The van der Waals surface area contributed by atoms with Crippen molar-refractivity contribution in [3.8, 4) is 0 Å². The van der Waals surface area contributed by atoms with Gasteiger partial charge in [0.1, 0.15) is 0 Å². The van der Waals surface area contributed by atoms with Crippen LogP contribution in [0.3, 0.4) is 0 Å². The third-order valence-electron chi connectivity index (χ3n) is 2.51. The quantitative estimate of drug-likeness (QED) is 0.942. The molecule has 0 saturated heterocycles. The Morgan fingerprint density at radius 3 is 3.00 bits per heavy atom. The van der Waals surface area contributed by atoms with Crippen LogP contribution in [0.4, 0.5) is 5.69 Å². The lowest BCUT2D eigenvalue weighted by Crippen LogP contribution is -2.17. The lowest BCUT2D eigenvalue weighted by atomic mass is 10.2. The van der Waals surface area contributed by atoms with Gasteiger partial charge in [0.25, 0.3) is 0 Å². The van der Waals surface area contributed by atoms with Crippen molar-refractivity contribution in [2.75, 3.05) is 11.9 Å². The van der Waals surface area contributed by atoms with Gasteiger partial charge in [-0.05, 0) is 39.0 Å². The second-order valence-electron chi connectivity index (χ2n) is 3.78. The van der Waals surface area contributed by atoms with E-state index < -0.39 is 0 Å². The first-order valence-electron chi connectivity index (χ1n) is 5.18. The fourth-order valence-electron chi connectivity index (χ4n) is 1.68. The van der Waals surface area contributed by atoms with Gasteiger partial charge in [0, 0.05) is 25.4 Å². The zero-order valence-electron chi connectivity index (χ0n) is 9.43. The SMILES string of the molecule is CN(Cc1csc(Br)c1)c1cnccc1CO. The summed E-state index contributed by atoms with van der Waals surface area (Å²) in [6.45, 7) is 0.844. The number of halogens is 1. The highest BCUT2D eigenvalue weighted by atomic mass is 79.9. The van der Waals surface area contributed by atoms with Crippen molar-refractivity contribution in [3.63, 3.8) is 0 Å². The van der Waals surface area contributed by atoms with Crippen molar-refractivity contribution in [1.82, 2.24) is 4.98 Å². The van der Waals surface area contributed by atoms with Crippen LogP contribution in [0.1, 0.15) is 11.1 Å². The van der Waals surface area contributed by atoms with Crippen LogP contribution < -0.4 is 4.90 Å². The fourth-order valence-corrected chi connectivity index (χ4v) is 2.88. The number of thiophene rings is 1. The summed E-state index contributed by atoms with van der Waals surface area (Å²) in [6, 6.07) is 3.95. The Kier molecular flexibility index (Phi) is 4.15. The van der Waals surface area contributed by atoms with E-state index in [-0.39, 0.29) is 6.61 Å². The number of anilines is 1. The highest BCUT2D eigenvalue weighted by Gasteiger charge is 2.08. The van der Waals surface area contributed by atoms with Gasteiger partial charge in [-0.3, -0.25) is 4.98 Å². The molecule has 0 fully saturated rings. The average molecular weight is 313 g/mol. The lowest BCUT2D eigenvalue weighted by molar-refractivity contribution is 0.282. The molecule has 0 radical (unpaired) electrons. The number of nitrogens with zero attached hydrogens (tertiary/aromatic N) is 2. The molecule has 1 N–H and O–H groups in total. The van der Waals surface area contributed by atoms with E-state index in [2.05, 4.69) is 37.3 Å². The zero-order valence-corrected chi connectivity index (χ0v) is 11.8. The molecule has 0 amide bonds. The molecule has 2 heterocycles. The molecule has 0 saturated carbocycles. The van der Waals surface area contributed by atoms with E-state index in [1.807, 2.05) is 13.1 Å². The molecule has 0 aliphatic carbocycles. The minimum atomic E-state index is 0.0372. The summed E-state index contributed by atoms with van der Waals surface area (Å²) in [5.41, 5.74) is 3.12. The summed E-state index contributed by atoms with van der Waals surface area (Å²) in [5.74, 6) is 0. The van der Waals surface area contributed by atoms with Crippen LogP contribution in [0.5, 0.6) is 0 Å².